The fraction of sp³-hybridized carbons (Fsp3) is 0.0769. The van der Waals surface area contributed by atoms with Crippen molar-refractivity contribution in [1.82, 2.24) is 14.4 Å². The highest BCUT2D eigenvalue weighted by Crippen LogP contribution is 2.22. The normalized spacial score (nSPS) is 10.8. The van der Waals surface area contributed by atoms with E-state index in [2.05, 4.69) is 33.4 Å². The van der Waals surface area contributed by atoms with Crippen molar-refractivity contribution >= 4 is 5.65 Å². The van der Waals surface area contributed by atoms with Crippen LogP contribution in [0.5, 0.6) is 0 Å². The Bertz CT molecular complexity index is 626. The average molecular weight is 209 g/mol. The number of hydrogen-bond acceptors (Lipinski definition) is 2. The van der Waals surface area contributed by atoms with Gasteiger partial charge in [0.05, 0.1) is 11.9 Å². The standard InChI is InChI=1S/C13H11N3/c1-10-13(11-5-3-2-4-6-11)15-12-9-14-7-8-16(10)12/h2-9H,1H3. The second kappa shape index (κ2) is 3.45. The Labute approximate surface area is 93.4 Å². The Hall–Kier alpha value is -2.16. The molecule has 0 fully saturated rings. The van der Waals surface area contributed by atoms with Crippen LogP contribution in [-0.4, -0.2) is 14.4 Å². The zero-order valence-corrected chi connectivity index (χ0v) is 8.96. The molecule has 3 rings (SSSR count). The van der Waals surface area contributed by atoms with Crippen LogP contribution in [0.3, 0.4) is 0 Å². The van der Waals surface area contributed by atoms with Crippen molar-refractivity contribution < 1.29 is 0 Å². The van der Waals surface area contributed by atoms with E-state index >= 15 is 0 Å². The van der Waals surface area contributed by atoms with Crippen LogP contribution in [0.2, 0.25) is 0 Å². The topological polar surface area (TPSA) is 30.2 Å². The first-order chi connectivity index (χ1) is 7.86. The van der Waals surface area contributed by atoms with E-state index in [1.165, 1.54) is 0 Å². The Kier molecular flexibility index (Phi) is 1.96. The van der Waals surface area contributed by atoms with Crippen molar-refractivity contribution in [3.63, 3.8) is 0 Å². The van der Waals surface area contributed by atoms with Crippen LogP contribution in [0, 0.1) is 6.92 Å². The zero-order chi connectivity index (χ0) is 11.0. The molecule has 2 aromatic heterocycles. The molecule has 0 radical (unpaired) electrons. The number of benzene rings is 1. The fourth-order valence-electron chi connectivity index (χ4n) is 1.90. The van der Waals surface area contributed by atoms with Gasteiger partial charge in [-0.3, -0.25) is 4.98 Å². The van der Waals surface area contributed by atoms with E-state index < -0.39 is 0 Å². The monoisotopic (exact) mass is 209 g/mol. The van der Waals surface area contributed by atoms with Crippen LogP contribution in [0.1, 0.15) is 5.69 Å². The minimum absolute atomic E-state index is 0.888. The van der Waals surface area contributed by atoms with E-state index in [-0.39, 0.29) is 0 Å². The van der Waals surface area contributed by atoms with E-state index in [1.807, 2.05) is 24.4 Å². The van der Waals surface area contributed by atoms with E-state index in [4.69, 9.17) is 0 Å². The molecule has 0 bridgehead atoms. The van der Waals surface area contributed by atoms with Crippen LogP contribution < -0.4 is 0 Å². The SMILES string of the molecule is Cc1c(-c2ccccc2)nc2cnccn12. The molecule has 0 spiro atoms. The van der Waals surface area contributed by atoms with E-state index in [0.29, 0.717) is 0 Å². The highest BCUT2D eigenvalue weighted by Gasteiger charge is 2.08. The van der Waals surface area contributed by atoms with Crippen LogP contribution in [-0.2, 0) is 0 Å². The number of aromatic nitrogens is 3. The van der Waals surface area contributed by atoms with Crippen molar-refractivity contribution in [3.8, 4) is 11.3 Å². The summed E-state index contributed by atoms with van der Waals surface area (Å²) in [4.78, 5) is 8.66. The van der Waals surface area contributed by atoms with Crippen molar-refractivity contribution in [1.29, 1.82) is 0 Å². The summed E-state index contributed by atoms with van der Waals surface area (Å²) >= 11 is 0. The Morgan fingerprint density at radius 1 is 1.12 bits per heavy atom. The van der Waals surface area contributed by atoms with Crippen molar-refractivity contribution in [2.45, 2.75) is 6.92 Å². The Morgan fingerprint density at radius 3 is 2.69 bits per heavy atom. The molecular weight excluding hydrogens is 198 g/mol. The number of fused-ring (bicyclic) bond motifs is 1. The number of imidazole rings is 1. The Morgan fingerprint density at radius 2 is 1.94 bits per heavy atom. The minimum Gasteiger partial charge on any atom is -0.301 e. The zero-order valence-electron chi connectivity index (χ0n) is 8.96. The molecule has 0 saturated carbocycles. The van der Waals surface area contributed by atoms with Crippen LogP contribution in [0.25, 0.3) is 16.9 Å². The molecule has 0 amide bonds. The molecule has 1 aromatic carbocycles. The van der Waals surface area contributed by atoms with Gasteiger partial charge in [0.25, 0.3) is 0 Å². The molecule has 0 N–H and O–H groups in total. The van der Waals surface area contributed by atoms with Gasteiger partial charge in [0, 0.05) is 23.7 Å². The lowest BCUT2D eigenvalue weighted by Crippen LogP contribution is -1.87. The molecule has 3 aromatic rings. The maximum Gasteiger partial charge on any atom is 0.156 e. The molecule has 0 aliphatic carbocycles. The molecule has 0 aliphatic rings. The summed E-state index contributed by atoms with van der Waals surface area (Å²) < 4.78 is 2.05. The third-order valence-corrected chi connectivity index (χ3v) is 2.72. The number of hydrogen-bond donors (Lipinski definition) is 0. The van der Waals surface area contributed by atoms with Gasteiger partial charge in [0.2, 0.25) is 0 Å². The minimum atomic E-state index is 0.888. The summed E-state index contributed by atoms with van der Waals surface area (Å²) in [5.41, 5.74) is 4.19. The molecule has 3 heteroatoms. The fourth-order valence-corrected chi connectivity index (χ4v) is 1.90. The summed E-state index contributed by atoms with van der Waals surface area (Å²) in [6, 6.07) is 10.2. The average Bonchev–Trinajstić information content (AvgIpc) is 2.69. The van der Waals surface area contributed by atoms with Crippen molar-refractivity contribution in [2.24, 2.45) is 0 Å². The lowest BCUT2D eigenvalue weighted by molar-refractivity contribution is 1.08. The maximum absolute atomic E-state index is 4.58. The molecule has 2 heterocycles. The van der Waals surface area contributed by atoms with Crippen LogP contribution in [0.4, 0.5) is 0 Å². The van der Waals surface area contributed by atoms with Gasteiger partial charge in [-0.1, -0.05) is 30.3 Å². The predicted octanol–water partition coefficient (Wildman–Crippen LogP) is 2.70. The summed E-state index contributed by atoms with van der Waals surface area (Å²) in [6.45, 7) is 2.07. The lowest BCUT2D eigenvalue weighted by atomic mass is 10.1. The highest BCUT2D eigenvalue weighted by molar-refractivity contribution is 5.65. The summed E-state index contributed by atoms with van der Waals surface area (Å²) in [5.74, 6) is 0. The third kappa shape index (κ3) is 1.29. The van der Waals surface area contributed by atoms with Gasteiger partial charge < -0.3 is 4.40 Å². The largest absolute Gasteiger partial charge is 0.301 e. The molecular formula is C13H11N3. The van der Waals surface area contributed by atoms with Crippen LogP contribution >= 0.6 is 0 Å². The van der Waals surface area contributed by atoms with E-state index in [0.717, 1.165) is 22.6 Å². The lowest BCUT2D eigenvalue weighted by Gasteiger charge is -1.98. The molecule has 78 valence electrons. The van der Waals surface area contributed by atoms with Gasteiger partial charge in [-0.05, 0) is 6.92 Å². The second-order valence-corrected chi connectivity index (χ2v) is 3.72. The van der Waals surface area contributed by atoms with Crippen molar-refractivity contribution in [2.75, 3.05) is 0 Å². The van der Waals surface area contributed by atoms with Gasteiger partial charge >= 0.3 is 0 Å². The van der Waals surface area contributed by atoms with Gasteiger partial charge in [-0.2, -0.15) is 0 Å². The first-order valence-corrected chi connectivity index (χ1v) is 5.20. The quantitative estimate of drug-likeness (QED) is 0.616. The van der Waals surface area contributed by atoms with E-state index in [1.54, 1.807) is 12.4 Å². The molecule has 0 unspecified atom stereocenters. The van der Waals surface area contributed by atoms with Gasteiger partial charge in [-0.25, -0.2) is 4.98 Å². The molecule has 0 atom stereocenters. The third-order valence-electron chi connectivity index (χ3n) is 2.72. The first-order valence-electron chi connectivity index (χ1n) is 5.20. The van der Waals surface area contributed by atoms with Gasteiger partial charge in [0.1, 0.15) is 0 Å². The van der Waals surface area contributed by atoms with Gasteiger partial charge in [0.15, 0.2) is 5.65 Å². The van der Waals surface area contributed by atoms with E-state index in [9.17, 15) is 0 Å². The molecule has 16 heavy (non-hydrogen) atoms. The summed E-state index contributed by atoms with van der Waals surface area (Å²) in [5, 5.41) is 0. The van der Waals surface area contributed by atoms with Crippen LogP contribution in [0.15, 0.2) is 48.9 Å². The Balaban J connectivity index is 2.29. The first kappa shape index (κ1) is 9.09. The summed E-state index contributed by atoms with van der Waals surface area (Å²) in [6.07, 6.45) is 5.49. The van der Waals surface area contributed by atoms with Crippen molar-refractivity contribution in [3.05, 3.63) is 54.6 Å². The second-order valence-electron chi connectivity index (χ2n) is 3.72. The summed E-state index contributed by atoms with van der Waals surface area (Å²) in [7, 11) is 0. The highest BCUT2D eigenvalue weighted by atomic mass is 15.0. The predicted molar refractivity (Wildman–Crippen MR) is 63.2 cm³/mol. The maximum atomic E-state index is 4.58. The molecule has 0 aliphatic heterocycles. The molecule has 3 nitrogen and oxygen atoms in total. The smallest absolute Gasteiger partial charge is 0.156 e. The van der Waals surface area contributed by atoms with Gasteiger partial charge in [-0.15, -0.1) is 0 Å². The number of nitrogens with zero attached hydrogens (tertiary/aromatic N) is 3. The molecule has 0 saturated heterocycles. The number of rotatable bonds is 1. The number of aryl methyl sites for hydroxylation is 1.